The summed E-state index contributed by atoms with van der Waals surface area (Å²) in [6.07, 6.45) is 1.54. The number of nitrogens with zero attached hydrogens (tertiary/aromatic N) is 2. The SMILES string of the molecule is CCc1cc(C(=O)Nc2cccc(C=O)c2)n(CC)n1. The summed E-state index contributed by atoms with van der Waals surface area (Å²) in [6, 6.07) is 8.60. The fraction of sp³-hybridized carbons (Fsp3) is 0.267. The van der Waals surface area contributed by atoms with Crippen molar-refractivity contribution in [1.82, 2.24) is 9.78 Å². The number of aromatic nitrogens is 2. The predicted molar refractivity (Wildman–Crippen MR) is 77.1 cm³/mol. The van der Waals surface area contributed by atoms with Crippen molar-refractivity contribution in [1.29, 1.82) is 0 Å². The minimum atomic E-state index is -0.220. The fourth-order valence-corrected chi connectivity index (χ4v) is 1.95. The van der Waals surface area contributed by atoms with Gasteiger partial charge in [0.25, 0.3) is 5.91 Å². The van der Waals surface area contributed by atoms with Crippen LogP contribution in [0.4, 0.5) is 5.69 Å². The van der Waals surface area contributed by atoms with Gasteiger partial charge in [-0.3, -0.25) is 14.3 Å². The van der Waals surface area contributed by atoms with Gasteiger partial charge in [-0.05, 0) is 31.5 Å². The quantitative estimate of drug-likeness (QED) is 0.850. The maximum Gasteiger partial charge on any atom is 0.273 e. The van der Waals surface area contributed by atoms with E-state index in [4.69, 9.17) is 0 Å². The summed E-state index contributed by atoms with van der Waals surface area (Å²) in [5.41, 5.74) is 2.54. The summed E-state index contributed by atoms with van der Waals surface area (Å²) in [4.78, 5) is 23.0. The van der Waals surface area contributed by atoms with E-state index in [1.807, 2.05) is 13.8 Å². The second-order valence-corrected chi connectivity index (χ2v) is 4.39. The van der Waals surface area contributed by atoms with E-state index in [0.717, 1.165) is 18.4 Å². The molecule has 0 aliphatic rings. The van der Waals surface area contributed by atoms with Crippen LogP contribution in [0, 0.1) is 0 Å². The molecule has 0 saturated heterocycles. The third kappa shape index (κ3) is 2.93. The molecular weight excluding hydrogens is 254 g/mol. The van der Waals surface area contributed by atoms with Crippen molar-refractivity contribution in [3.05, 3.63) is 47.3 Å². The van der Waals surface area contributed by atoms with E-state index in [1.165, 1.54) is 0 Å². The van der Waals surface area contributed by atoms with Crippen LogP contribution in [0.3, 0.4) is 0 Å². The topological polar surface area (TPSA) is 64.0 Å². The number of aryl methyl sites for hydroxylation is 2. The standard InChI is InChI=1S/C15H17N3O2/c1-3-12-9-14(18(4-2)17-12)15(20)16-13-7-5-6-11(8-13)10-19/h5-10H,3-4H2,1-2H3,(H,16,20). The molecule has 0 spiro atoms. The summed E-state index contributed by atoms with van der Waals surface area (Å²) in [5, 5.41) is 7.13. The second kappa shape index (κ2) is 6.14. The second-order valence-electron chi connectivity index (χ2n) is 4.39. The van der Waals surface area contributed by atoms with E-state index in [1.54, 1.807) is 35.0 Å². The molecule has 0 unspecified atom stereocenters. The first-order valence-electron chi connectivity index (χ1n) is 6.61. The lowest BCUT2D eigenvalue weighted by Crippen LogP contribution is -2.17. The van der Waals surface area contributed by atoms with Gasteiger partial charge < -0.3 is 5.32 Å². The summed E-state index contributed by atoms with van der Waals surface area (Å²) in [5.74, 6) is -0.220. The largest absolute Gasteiger partial charge is 0.321 e. The number of hydrogen-bond acceptors (Lipinski definition) is 3. The fourth-order valence-electron chi connectivity index (χ4n) is 1.95. The van der Waals surface area contributed by atoms with Crippen LogP contribution in [-0.4, -0.2) is 22.0 Å². The first kappa shape index (κ1) is 14.0. The molecule has 2 rings (SSSR count). The molecule has 2 aromatic rings. The number of rotatable bonds is 5. The van der Waals surface area contributed by atoms with Gasteiger partial charge in [0.15, 0.2) is 0 Å². The molecule has 20 heavy (non-hydrogen) atoms. The monoisotopic (exact) mass is 271 g/mol. The van der Waals surface area contributed by atoms with Gasteiger partial charge in [0.05, 0.1) is 5.69 Å². The number of hydrogen-bond donors (Lipinski definition) is 1. The lowest BCUT2D eigenvalue weighted by Gasteiger charge is -2.06. The van der Waals surface area contributed by atoms with Crippen molar-refractivity contribution in [2.24, 2.45) is 0 Å². The van der Waals surface area contributed by atoms with Gasteiger partial charge in [-0.25, -0.2) is 0 Å². The number of aldehydes is 1. The Balaban J connectivity index is 2.23. The molecule has 1 N–H and O–H groups in total. The number of carbonyl (C=O) groups is 2. The third-order valence-corrected chi connectivity index (χ3v) is 3.01. The smallest absolute Gasteiger partial charge is 0.273 e. The first-order chi connectivity index (χ1) is 9.67. The maximum atomic E-state index is 12.3. The van der Waals surface area contributed by atoms with Crippen LogP contribution in [-0.2, 0) is 13.0 Å². The third-order valence-electron chi connectivity index (χ3n) is 3.01. The Morgan fingerprint density at radius 3 is 2.80 bits per heavy atom. The number of anilines is 1. The van der Waals surface area contributed by atoms with Crippen molar-refractivity contribution in [3.63, 3.8) is 0 Å². The number of amides is 1. The molecular formula is C15H17N3O2. The molecule has 0 fully saturated rings. The van der Waals surface area contributed by atoms with E-state index in [-0.39, 0.29) is 5.91 Å². The first-order valence-corrected chi connectivity index (χ1v) is 6.61. The Kier molecular flexibility index (Phi) is 4.30. The van der Waals surface area contributed by atoms with Gasteiger partial charge in [0, 0.05) is 17.8 Å². The molecule has 0 aliphatic carbocycles. The summed E-state index contributed by atoms with van der Waals surface area (Å²) < 4.78 is 1.68. The van der Waals surface area contributed by atoms with E-state index < -0.39 is 0 Å². The van der Waals surface area contributed by atoms with E-state index in [2.05, 4.69) is 10.4 Å². The maximum absolute atomic E-state index is 12.3. The number of carbonyl (C=O) groups excluding carboxylic acids is 2. The Hall–Kier alpha value is -2.43. The molecule has 104 valence electrons. The molecule has 5 nitrogen and oxygen atoms in total. The zero-order valence-electron chi connectivity index (χ0n) is 11.6. The zero-order valence-corrected chi connectivity index (χ0v) is 11.6. The van der Waals surface area contributed by atoms with E-state index in [9.17, 15) is 9.59 Å². The van der Waals surface area contributed by atoms with Crippen molar-refractivity contribution in [2.45, 2.75) is 26.8 Å². The summed E-state index contributed by atoms with van der Waals surface area (Å²) in [6.45, 7) is 4.57. The number of benzene rings is 1. The van der Waals surface area contributed by atoms with E-state index in [0.29, 0.717) is 23.5 Å². The highest BCUT2D eigenvalue weighted by molar-refractivity contribution is 6.03. The van der Waals surface area contributed by atoms with Crippen LogP contribution in [0.5, 0.6) is 0 Å². The molecule has 0 radical (unpaired) electrons. The minimum Gasteiger partial charge on any atom is -0.321 e. The van der Waals surface area contributed by atoms with Gasteiger partial charge in [-0.15, -0.1) is 0 Å². The van der Waals surface area contributed by atoms with Crippen LogP contribution < -0.4 is 5.32 Å². The highest BCUT2D eigenvalue weighted by atomic mass is 16.2. The lowest BCUT2D eigenvalue weighted by molar-refractivity contribution is 0.101. The predicted octanol–water partition coefficient (Wildman–Crippen LogP) is 2.53. The molecule has 0 bridgehead atoms. The van der Waals surface area contributed by atoms with Gasteiger partial charge >= 0.3 is 0 Å². The van der Waals surface area contributed by atoms with Crippen molar-refractivity contribution >= 4 is 17.9 Å². The van der Waals surface area contributed by atoms with Crippen LogP contribution >= 0.6 is 0 Å². The van der Waals surface area contributed by atoms with Gasteiger partial charge in [0.1, 0.15) is 12.0 Å². The van der Waals surface area contributed by atoms with Gasteiger partial charge in [-0.2, -0.15) is 5.10 Å². The molecule has 1 aromatic carbocycles. The average Bonchev–Trinajstić information content (AvgIpc) is 2.91. The molecule has 1 amide bonds. The van der Waals surface area contributed by atoms with Crippen molar-refractivity contribution < 1.29 is 9.59 Å². The van der Waals surface area contributed by atoms with Crippen LogP contribution in [0.1, 0.15) is 40.4 Å². The number of nitrogens with one attached hydrogen (secondary N) is 1. The highest BCUT2D eigenvalue weighted by Crippen LogP contribution is 2.12. The molecule has 0 aliphatic heterocycles. The normalized spacial score (nSPS) is 10.3. The zero-order chi connectivity index (χ0) is 14.5. The molecule has 0 saturated carbocycles. The lowest BCUT2D eigenvalue weighted by atomic mass is 10.2. The van der Waals surface area contributed by atoms with Gasteiger partial charge in [0.2, 0.25) is 0 Å². The average molecular weight is 271 g/mol. The Bertz CT molecular complexity index is 632. The summed E-state index contributed by atoms with van der Waals surface area (Å²) in [7, 11) is 0. The highest BCUT2D eigenvalue weighted by Gasteiger charge is 2.14. The van der Waals surface area contributed by atoms with Crippen LogP contribution in [0.15, 0.2) is 30.3 Å². The Morgan fingerprint density at radius 2 is 2.15 bits per heavy atom. The molecule has 1 heterocycles. The van der Waals surface area contributed by atoms with Crippen LogP contribution in [0.2, 0.25) is 0 Å². The molecule has 5 heteroatoms. The molecule has 1 aromatic heterocycles. The Labute approximate surface area is 117 Å². The van der Waals surface area contributed by atoms with Gasteiger partial charge in [-0.1, -0.05) is 19.1 Å². The van der Waals surface area contributed by atoms with Crippen LogP contribution in [0.25, 0.3) is 0 Å². The van der Waals surface area contributed by atoms with Crippen molar-refractivity contribution in [3.8, 4) is 0 Å². The van der Waals surface area contributed by atoms with Crippen molar-refractivity contribution in [2.75, 3.05) is 5.32 Å². The summed E-state index contributed by atoms with van der Waals surface area (Å²) >= 11 is 0. The molecule has 0 atom stereocenters. The minimum absolute atomic E-state index is 0.220. The Morgan fingerprint density at radius 1 is 1.35 bits per heavy atom. The van der Waals surface area contributed by atoms with E-state index >= 15 is 0 Å².